The van der Waals surface area contributed by atoms with E-state index in [2.05, 4.69) is 69.3 Å². The van der Waals surface area contributed by atoms with Crippen molar-refractivity contribution >= 4 is 27.3 Å². The third-order valence-electron chi connectivity index (χ3n) is 3.70. The molecule has 2 rings (SSSR count). The summed E-state index contributed by atoms with van der Waals surface area (Å²) in [7, 11) is 4.15. The van der Waals surface area contributed by atoms with E-state index in [0.717, 1.165) is 36.9 Å². The number of nitrogens with one attached hydrogen (secondary N) is 1. The van der Waals surface area contributed by atoms with Gasteiger partial charge in [0.1, 0.15) is 0 Å². The molecule has 3 nitrogen and oxygen atoms in total. The summed E-state index contributed by atoms with van der Waals surface area (Å²) in [5.41, 5.74) is 2.42. The van der Waals surface area contributed by atoms with Crippen LogP contribution in [-0.4, -0.2) is 44.7 Å². The quantitative estimate of drug-likeness (QED) is 0.853. The lowest BCUT2D eigenvalue weighted by molar-refractivity contribution is 0.243. The van der Waals surface area contributed by atoms with Gasteiger partial charge in [0.2, 0.25) is 0 Å². The molecule has 4 heteroatoms. The van der Waals surface area contributed by atoms with Crippen molar-refractivity contribution in [1.29, 1.82) is 0 Å². The van der Waals surface area contributed by atoms with Gasteiger partial charge in [0.25, 0.3) is 0 Å². The number of halogens is 1. The van der Waals surface area contributed by atoms with Gasteiger partial charge in [-0.25, -0.2) is 0 Å². The Bertz CT molecular complexity index is 485. The SMILES string of the molecule is C#CCN1CCC(Nc2cc(Br)ccc2N(C)C)CC1. The van der Waals surface area contributed by atoms with E-state index in [0.29, 0.717) is 6.04 Å². The van der Waals surface area contributed by atoms with Crippen LogP contribution in [0, 0.1) is 12.3 Å². The molecule has 0 aliphatic carbocycles. The molecule has 20 heavy (non-hydrogen) atoms. The smallest absolute Gasteiger partial charge is 0.0598 e. The van der Waals surface area contributed by atoms with Crippen LogP contribution in [0.2, 0.25) is 0 Å². The van der Waals surface area contributed by atoms with E-state index in [-0.39, 0.29) is 0 Å². The molecule has 1 aromatic carbocycles. The molecule has 1 aromatic rings. The fraction of sp³-hybridized carbons (Fsp3) is 0.500. The largest absolute Gasteiger partial charge is 0.381 e. The number of likely N-dealkylation sites (tertiary alicyclic amines) is 1. The second-order valence-electron chi connectivity index (χ2n) is 5.45. The third-order valence-corrected chi connectivity index (χ3v) is 4.20. The highest BCUT2D eigenvalue weighted by molar-refractivity contribution is 9.10. The Balaban J connectivity index is 2.01. The minimum Gasteiger partial charge on any atom is -0.381 e. The number of hydrogen-bond donors (Lipinski definition) is 1. The molecule has 0 saturated carbocycles. The Kier molecular flexibility index (Phi) is 5.33. The van der Waals surface area contributed by atoms with Crippen molar-refractivity contribution in [2.24, 2.45) is 0 Å². The normalized spacial score (nSPS) is 16.7. The van der Waals surface area contributed by atoms with Crippen LogP contribution < -0.4 is 10.2 Å². The fourth-order valence-electron chi connectivity index (χ4n) is 2.60. The van der Waals surface area contributed by atoms with Crippen molar-refractivity contribution in [2.75, 3.05) is 43.9 Å². The average Bonchev–Trinajstić information content (AvgIpc) is 2.41. The highest BCUT2D eigenvalue weighted by Crippen LogP contribution is 2.29. The first-order chi connectivity index (χ1) is 9.60. The van der Waals surface area contributed by atoms with Crippen LogP contribution in [0.15, 0.2) is 22.7 Å². The van der Waals surface area contributed by atoms with Gasteiger partial charge >= 0.3 is 0 Å². The predicted octanol–water partition coefficient (Wildman–Crippen LogP) is 3.02. The van der Waals surface area contributed by atoms with E-state index < -0.39 is 0 Å². The topological polar surface area (TPSA) is 18.5 Å². The second kappa shape index (κ2) is 7.01. The zero-order valence-corrected chi connectivity index (χ0v) is 13.8. The van der Waals surface area contributed by atoms with Crippen molar-refractivity contribution in [2.45, 2.75) is 18.9 Å². The first-order valence-corrected chi connectivity index (χ1v) is 7.78. The summed E-state index contributed by atoms with van der Waals surface area (Å²) in [4.78, 5) is 4.48. The number of piperidine rings is 1. The zero-order chi connectivity index (χ0) is 14.5. The van der Waals surface area contributed by atoms with Crippen LogP contribution in [-0.2, 0) is 0 Å². The highest BCUT2D eigenvalue weighted by Gasteiger charge is 2.19. The van der Waals surface area contributed by atoms with E-state index in [1.807, 2.05) is 0 Å². The van der Waals surface area contributed by atoms with Gasteiger partial charge in [-0.1, -0.05) is 21.9 Å². The minimum absolute atomic E-state index is 0.525. The molecule has 0 unspecified atom stereocenters. The molecule has 0 atom stereocenters. The van der Waals surface area contributed by atoms with Crippen LogP contribution in [0.1, 0.15) is 12.8 Å². The molecule has 108 valence electrons. The summed E-state index contributed by atoms with van der Waals surface area (Å²) in [6.07, 6.45) is 7.65. The number of nitrogens with zero attached hydrogens (tertiary/aromatic N) is 2. The van der Waals surface area contributed by atoms with Crippen LogP contribution in [0.4, 0.5) is 11.4 Å². The lowest BCUT2D eigenvalue weighted by atomic mass is 10.0. The summed E-state index contributed by atoms with van der Waals surface area (Å²) in [5.74, 6) is 2.73. The Hall–Kier alpha value is -1.18. The van der Waals surface area contributed by atoms with Crippen LogP contribution >= 0.6 is 15.9 Å². The van der Waals surface area contributed by atoms with Gasteiger partial charge in [0.15, 0.2) is 0 Å². The number of terminal acetylenes is 1. The summed E-state index contributed by atoms with van der Waals surface area (Å²) in [5, 5.41) is 3.68. The molecular weight excluding hydrogens is 314 g/mol. The van der Waals surface area contributed by atoms with Gasteiger partial charge in [-0.2, -0.15) is 0 Å². The molecule has 1 heterocycles. The van der Waals surface area contributed by atoms with Gasteiger partial charge in [-0.15, -0.1) is 6.42 Å². The monoisotopic (exact) mass is 335 g/mol. The van der Waals surface area contributed by atoms with Gasteiger partial charge in [0, 0.05) is 37.7 Å². The lowest BCUT2D eigenvalue weighted by Gasteiger charge is -2.32. The Labute approximate surface area is 130 Å². The van der Waals surface area contributed by atoms with E-state index in [1.54, 1.807) is 0 Å². The van der Waals surface area contributed by atoms with Crippen LogP contribution in [0.3, 0.4) is 0 Å². The number of hydrogen-bond acceptors (Lipinski definition) is 3. The maximum atomic E-state index is 5.37. The predicted molar refractivity (Wildman–Crippen MR) is 90.4 cm³/mol. The molecule has 0 spiro atoms. The molecule has 0 radical (unpaired) electrons. The molecule has 1 fully saturated rings. The molecule has 0 bridgehead atoms. The molecule has 0 aromatic heterocycles. The van der Waals surface area contributed by atoms with Gasteiger partial charge < -0.3 is 10.2 Å². The lowest BCUT2D eigenvalue weighted by Crippen LogP contribution is -2.39. The standard InChI is InChI=1S/C16H22BrN3/c1-4-9-20-10-7-14(8-11-20)18-15-12-13(17)5-6-16(15)19(2)3/h1,5-6,12,14,18H,7-11H2,2-3H3. The Morgan fingerprint density at radius 3 is 2.70 bits per heavy atom. The maximum absolute atomic E-state index is 5.37. The van der Waals surface area contributed by atoms with E-state index in [4.69, 9.17) is 6.42 Å². The molecule has 1 aliphatic heterocycles. The molecule has 1 N–H and O–H groups in total. The third kappa shape index (κ3) is 3.91. The van der Waals surface area contributed by atoms with Crippen molar-refractivity contribution < 1.29 is 0 Å². The first kappa shape index (κ1) is 15.2. The second-order valence-corrected chi connectivity index (χ2v) is 6.37. The summed E-state index contributed by atoms with van der Waals surface area (Å²) in [6, 6.07) is 6.90. The van der Waals surface area contributed by atoms with Gasteiger partial charge in [-0.05, 0) is 31.0 Å². The molecule has 0 amide bonds. The number of anilines is 2. The summed E-state index contributed by atoms with van der Waals surface area (Å²) >= 11 is 3.55. The highest BCUT2D eigenvalue weighted by atomic mass is 79.9. The first-order valence-electron chi connectivity index (χ1n) is 6.99. The van der Waals surface area contributed by atoms with Gasteiger partial charge in [0.05, 0.1) is 17.9 Å². The Morgan fingerprint density at radius 2 is 2.10 bits per heavy atom. The fourth-order valence-corrected chi connectivity index (χ4v) is 2.96. The summed E-state index contributed by atoms with van der Waals surface area (Å²) < 4.78 is 1.11. The zero-order valence-electron chi connectivity index (χ0n) is 12.2. The molecular formula is C16H22BrN3. The van der Waals surface area contributed by atoms with Gasteiger partial charge in [-0.3, -0.25) is 4.90 Å². The van der Waals surface area contributed by atoms with Crippen molar-refractivity contribution in [3.05, 3.63) is 22.7 Å². The van der Waals surface area contributed by atoms with Crippen molar-refractivity contribution in [3.63, 3.8) is 0 Å². The van der Waals surface area contributed by atoms with Crippen LogP contribution in [0.25, 0.3) is 0 Å². The minimum atomic E-state index is 0.525. The summed E-state index contributed by atoms with van der Waals surface area (Å²) in [6.45, 7) is 2.92. The van der Waals surface area contributed by atoms with E-state index >= 15 is 0 Å². The van der Waals surface area contributed by atoms with Crippen LogP contribution in [0.5, 0.6) is 0 Å². The maximum Gasteiger partial charge on any atom is 0.0598 e. The molecule has 1 aliphatic rings. The average molecular weight is 336 g/mol. The van der Waals surface area contributed by atoms with Crippen molar-refractivity contribution in [1.82, 2.24) is 4.90 Å². The van der Waals surface area contributed by atoms with E-state index in [9.17, 15) is 0 Å². The van der Waals surface area contributed by atoms with E-state index in [1.165, 1.54) is 11.4 Å². The molecule has 1 saturated heterocycles. The Morgan fingerprint density at radius 1 is 1.40 bits per heavy atom. The van der Waals surface area contributed by atoms with Crippen molar-refractivity contribution in [3.8, 4) is 12.3 Å². The number of benzene rings is 1. The number of rotatable bonds is 4.